The number of rotatable bonds is 7. The van der Waals surface area contributed by atoms with Gasteiger partial charge in [0.15, 0.2) is 5.96 Å². The summed E-state index contributed by atoms with van der Waals surface area (Å²) in [5, 5.41) is 6.94. The van der Waals surface area contributed by atoms with Crippen LogP contribution in [0.25, 0.3) is 0 Å². The van der Waals surface area contributed by atoms with Crippen LogP contribution in [0.2, 0.25) is 0 Å². The first kappa shape index (κ1) is 25.4. The second-order valence-corrected chi connectivity index (χ2v) is 8.14. The molecule has 2 N–H and O–H groups in total. The maximum Gasteiger partial charge on any atom is 0.225 e. The number of aliphatic imine (C=N–C) groups is 1. The minimum absolute atomic E-state index is 0. The largest absolute Gasteiger partial charge is 0.379 e. The van der Waals surface area contributed by atoms with Crippen molar-refractivity contribution in [1.82, 2.24) is 20.4 Å². The predicted octanol–water partition coefficient (Wildman–Crippen LogP) is 1.77. The molecule has 2 rings (SSSR count). The molecule has 0 aromatic heterocycles. The van der Waals surface area contributed by atoms with Crippen molar-refractivity contribution in [3.63, 3.8) is 0 Å². The van der Waals surface area contributed by atoms with E-state index in [-0.39, 0.29) is 35.8 Å². The summed E-state index contributed by atoms with van der Waals surface area (Å²) in [6, 6.07) is 0.383. The van der Waals surface area contributed by atoms with Gasteiger partial charge in [-0.25, -0.2) is 0 Å². The Morgan fingerprint density at radius 3 is 2.36 bits per heavy atom. The van der Waals surface area contributed by atoms with Crippen LogP contribution < -0.4 is 10.6 Å². The fraction of sp³-hybridized carbons (Fsp3) is 0.900. The average Bonchev–Trinajstić information content (AvgIpc) is 2.67. The number of piperidine rings is 1. The van der Waals surface area contributed by atoms with E-state index < -0.39 is 0 Å². The second-order valence-electron chi connectivity index (χ2n) is 8.14. The summed E-state index contributed by atoms with van der Waals surface area (Å²) in [5.74, 6) is 1.77. The van der Waals surface area contributed by atoms with Crippen LogP contribution in [0.3, 0.4) is 0 Å². The van der Waals surface area contributed by atoms with Gasteiger partial charge in [0.05, 0.1) is 13.2 Å². The second kappa shape index (κ2) is 13.6. The van der Waals surface area contributed by atoms with E-state index in [1.165, 1.54) is 0 Å². The van der Waals surface area contributed by atoms with Crippen molar-refractivity contribution in [3.05, 3.63) is 0 Å². The molecule has 0 bridgehead atoms. The molecule has 2 heterocycles. The molecule has 0 aromatic carbocycles. The normalized spacial score (nSPS) is 20.6. The highest BCUT2D eigenvalue weighted by Crippen LogP contribution is 2.13. The monoisotopic (exact) mass is 509 g/mol. The van der Waals surface area contributed by atoms with Crippen molar-refractivity contribution < 1.29 is 9.53 Å². The van der Waals surface area contributed by atoms with Gasteiger partial charge < -0.3 is 20.3 Å². The molecule has 2 saturated heterocycles. The molecule has 0 aromatic rings. The number of halogens is 1. The Balaban J connectivity index is 0.00000392. The van der Waals surface area contributed by atoms with Gasteiger partial charge in [0.2, 0.25) is 5.91 Å². The first-order valence-corrected chi connectivity index (χ1v) is 10.6. The van der Waals surface area contributed by atoms with Crippen LogP contribution in [-0.4, -0.2) is 86.7 Å². The molecule has 1 atom stereocenters. The van der Waals surface area contributed by atoms with Crippen LogP contribution in [0.1, 0.15) is 40.5 Å². The summed E-state index contributed by atoms with van der Waals surface area (Å²) in [5.41, 5.74) is 0. The Kier molecular flexibility index (Phi) is 12.3. The van der Waals surface area contributed by atoms with Crippen LogP contribution in [0.15, 0.2) is 4.99 Å². The average molecular weight is 509 g/mol. The SMILES string of the molecule is CCNC(=NCC(C)CN1CCOCC1)NC1CCN(C(=O)C(C)C)CC1.I. The molecule has 2 aliphatic heterocycles. The Morgan fingerprint density at radius 1 is 1.14 bits per heavy atom. The van der Waals surface area contributed by atoms with Crippen LogP contribution in [0.5, 0.6) is 0 Å². The quantitative estimate of drug-likeness (QED) is 0.311. The highest BCUT2D eigenvalue weighted by molar-refractivity contribution is 14.0. The third-order valence-electron chi connectivity index (χ3n) is 5.22. The van der Waals surface area contributed by atoms with Gasteiger partial charge in [-0.05, 0) is 25.7 Å². The van der Waals surface area contributed by atoms with E-state index in [9.17, 15) is 4.79 Å². The van der Waals surface area contributed by atoms with Gasteiger partial charge in [-0.15, -0.1) is 24.0 Å². The van der Waals surface area contributed by atoms with Crippen molar-refractivity contribution in [2.24, 2.45) is 16.8 Å². The summed E-state index contributed by atoms with van der Waals surface area (Å²) in [7, 11) is 0. The number of likely N-dealkylation sites (tertiary alicyclic amines) is 1. The van der Waals surface area contributed by atoms with Crippen LogP contribution in [-0.2, 0) is 9.53 Å². The molecular weight excluding hydrogens is 469 g/mol. The molecule has 1 amide bonds. The molecule has 2 fully saturated rings. The maximum absolute atomic E-state index is 12.1. The van der Waals surface area contributed by atoms with Crippen molar-refractivity contribution in [2.75, 3.05) is 59.0 Å². The summed E-state index contributed by atoms with van der Waals surface area (Å²) in [6.07, 6.45) is 1.96. The minimum Gasteiger partial charge on any atom is -0.379 e. The molecule has 28 heavy (non-hydrogen) atoms. The first-order chi connectivity index (χ1) is 13.0. The number of carbonyl (C=O) groups excluding carboxylic acids is 1. The molecule has 0 aliphatic carbocycles. The molecular formula is C20H40IN5O2. The van der Waals surface area contributed by atoms with Crippen LogP contribution in [0.4, 0.5) is 0 Å². The van der Waals surface area contributed by atoms with E-state index in [1.807, 2.05) is 18.7 Å². The number of hydrogen-bond acceptors (Lipinski definition) is 4. The third-order valence-corrected chi connectivity index (χ3v) is 5.22. The number of hydrogen-bond donors (Lipinski definition) is 2. The van der Waals surface area contributed by atoms with Gasteiger partial charge in [0, 0.05) is 57.8 Å². The lowest BCUT2D eigenvalue weighted by atomic mass is 10.0. The van der Waals surface area contributed by atoms with Crippen molar-refractivity contribution in [3.8, 4) is 0 Å². The van der Waals surface area contributed by atoms with E-state index in [1.54, 1.807) is 0 Å². The Bertz CT molecular complexity index is 475. The zero-order valence-corrected chi connectivity index (χ0v) is 20.4. The lowest BCUT2D eigenvalue weighted by molar-refractivity contribution is -0.135. The highest BCUT2D eigenvalue weighted by Gasteiger charge is 2.24. The van der Waals surface area contributed by atoms with Crippen molar-refractivity contribution >= 4 is 35.8 Å². The topological polar surface area (TPSA) is 69.2 Å². The number of amides is 1. The third kappa shape index (κ3) is 8.82. The molecule has 0 saturated carbocycles. The molecule has 1 unspecified atom stereocenters. The van der Waals surface area contributed by atoms with Gasteiger partial charge in [-0.2, -0.15) is 0 Å². The molecule has 0 spiro atoms. The molecule has 8 heteroatoms. The number of ether oxygens (including phenoxy) is 1. The zero-order chi connectivity index (χ0) is 19.6. The number of morpholine rings is 1. The summed E-state index contributed by atoms with van der Waals surface area (Å²) in [6.45, 7) is 16.5. The summed E-state index contributed by atoms with van der Waals surface area (Å²) >= 11 is 0. The van der Waals surface area contributed by atoms with Crippen molar-refractivity contribution in [1.29, 1.82) is 0 Å². The van der Waals surface area contributed by atoms with Gasteiger partial charge in [0.1, 0.15) is 0 Å². The van der Waals surface area contributed by atoms with Gasteiger partial charge >= 0.3 is 0 Å². The summed E-state index contributed by atoms with van der Waals surface area (Å²) < 4.78 is 5.42. The fourth-order valence-corrected chi connectivity index (χ4v) is 3.65. The number of nitrogens with zero attached hydrogens (tertiary/aromatic N) is 3. The first-order valence-electron chi connectivity index (χ1n) is 10.6. The number of nitrogens with one attached hydrogen (secondary N) is 2. The van der Waals surface area contributed by atoms with Gasteiger partial charge in [0.25, 0.3) is 0 Å². The standard InChI is InChI=1S/C20H39N5O2.HI/c1-5-21-20(22-14-17(4)15-24-10-12-27-13-11-24)23-18-6-8-25(9-7-18)19(26)16(2)3;/h16-18H,5-15H2,1-4H3,(H2,21,22,23);1H. The van der Waals surface area contributed by atoms with Crippen LogP contribution >= 0.6 is 24.0 Å². The minimum atomic E-state index is 0. The zero-order valence-electron chi connectivity index (χ0n) is 18.1. The summed E-state index contributed by atoms with van der Waals surface area (Å²) in [4.78, 5) is 21.4. The van der Waals surface area contributed by atoms with E-state index in [4.69, 9.17) is 9.73 Å². The number of guanidine groups is 1. The Morgan fingerprint density at radius 2 is 1.79 bits per heavy atom. The predicted molar refractivity (Wildman–Crippen MR) is 125 cm³/mol. The van der Waals surface area contributed by atoms with E-state index in [0.29, 0.717) is 12.0 Å². The van der Waals surface area contributed by atoms with Crippen molar-refractivity contribution in [2.45, 2.75) is 46.6 Å². The Labute approximate surface area is 188 Å². The van der Waals surface area contributed by atoms with Crippen LogP contribution in [0, 0.1) is 11.8 Å². The van der Waals surface area contributed by atoms with E-state index >= 15 is 0 Å². The Hall–Kier alpha value is -0.610. The van der Waals surface area contributed by atoms with Gasteiger partial charge in [-0.1, -0.05) is 20.8 Å². The van der Waals surface area contributed by atoms with E-state index in [0.717, 1.165) is 77.8 Å². The fourth-order valence-electron chi connectivity index (χ4n) is 3.65. The smallest absolute Gasteiger partial charge is 0.225 e. The van der Waals surface area contributed by atoms with Gasteiger partial charge in [-0.3, -0.25) is 14.7 Å². The lowest BCUT2D eigenvalue weighted by Gasteiger charge is -2.34. The molecule has 2 aliphatic rings. The molecule has 164 valence electrons. The molecule has 7 nitrogen and oxygen atoms in total. The van der Waals surface area contributed by atoms with E-state index in [2.05, 4.69) is 29.4 Å². The number of carbonyl (C=O) groups is 1. The highest BCUT2D eigenvalue weighted by atomic mass is 127. The maximum atomic E-state index is 12.1. The lowest BCUT2D eigenvalue weighted by Crippen LogP contribution is -2.50. The molecule has 0 radical (unpaired) electrons.